The number of benzene rings is 1. The number of carbonyl (C=O) groups is 1. The van der Waals surface area contributed by atoms with E-state index in [-0.39, 0.29) is 10.7 Å². The zero-order valence-electron chi connectivity index (χ0n) is 10.3. The fourth-order valence-corrected chi connectivity index (χ4v) is 1.70. The molecule has 0 aliphatic heterocycles. The maximum Gasteiger partial charge on any atom is 0.418 e. The number of anilines is 1. The third-order valence-electron chi connectivity index (χ3n) is 2.83. The number of para-hydroxylation sites is 1. The number of hydrogen-bond acceptors (Lipinski definition) is 2. The number of hydrogen-bond donors (Lipinski definition) is 2. The number of aliphatic carboxylic acids is 1. The maximum atomic E-state index is 12.8. The third kappa shape index (κ3) is 3.76. The molecular weight excluding hydrogens is 283 g/mol. The number of rotatable bonds is 4. The standard InChI is InChI=1S/C12H13ClF3NO2/c1-6(11(18)19)7(2)17-10-8(12(14,15)16)4-3-5-9(10)13/h3-7,17H,1-2H3,(H,18,19). The maximum absolute atomic E-state index is 12.8. The van der Waals surface area contributed by atoms with E-state index in [4.69, 9.17) is 16.7 Å². The Balaban J connectivity index is 3.10. The topological polar surface area (TPSA) is 49.3 Å². The van der Waals surface area contributed by atoms with Crippen molar-refractivity contribution in [2.24, 2.45) is 5.92 Å². The van der Waals surface area contributed by atoms with Crippen LogP contribution < -0.4 is 5.32 Å². The van der Waals surface area contributed by atoms with Crippen LogP contribution in [0.5, 0.6) is 0 Å². The molecule has 0 radical (unpaired) electrons. The summed E-state index contributed by atoms with van der Waals surface area (Å²) in [6.07, 6.45) is -4.56. The summed E-state index contributed by atoms with van der Waals surface area (Å²) >= 11 is 5.75. The van der Waals surface area contributed by atoms with Gasteiger partial charge in [0.25, 0.3) is 0 Å². The van der Waals surface area contributed by atoms with Gasteiger partial charge in [0.2, 0.25) is 0 Å². The molecule has 1 rings (SSSR count). The number of nitrogens with one attached hydrogen (secondary N) is 1. The van der Waals surface area contributed by atoms with Gasteiger partial charge in [-0.3, -0.25) is 4.79 Å². The Labute approximate surface area is 113 Å². The fraction of sp³-hybridized carbons (Fsp3) is 0.417. The first kappa shape index (κ1) is 15.6. The molecule has 0 aromatic heterocycles. The van der Waals surface area contributed by atoms with E-state index in [1.807, 2.05) is 0 Å². The molecule has 0 spiro atoms. The zero-order chi connectivity index (χ0) is 14.8. The second-order valence-corrected chi connectivity index (χ2v) is 4.63. The SMILES string of the molecule is CC(Nc1c(Cl)cccc1C(F)(F)F)C(C)C(=O)O. The Bertz CT molecular complexity index is 477. The van der Waals surface area contributed by atoms with Crippen LogP contribution >= 0.6 is 11.6 Å². The predicted octanol–water partition coefficient (Wildman–Crippen LogP) is 3.88. The summed E-state index contributed by atoms with van der Waals surface area (Å²) in [5.74, 6) is -1.95. The molecule has 2 N–H and O–H groups in total. The number of carboxylic acids is 1. The Morgan fingerprint density at radius 2 is 1.95 bits per heavy atom. The van der Waals surface area contributed by atoms with Crippen LogP contribution in [-0.2, 0) is 11.0 Å². The highest BCUT2D eigenvalue weighted by Gasteiger charge is 2.35. The van der Waals surface area contributed by atoms with Gasteiger partial charge in [-0.1, -0.05) is 17.7 Å². The van der Waals surface area contributed by atoms with Crippen molar-refractivity contribution < 1.29 is 23.1 Å². The predicted molar refractivity (Wildman–Crippen MR) is 66.3 cm³/mol. The first-order valence-electron chi connectivity index (χ1n) is 5.49. The lowest BCUT2D eigenvalue weighted by atomic mass is 10.0. The van der Waals surface area contributed by atoms with Crippen LogP contribution in [0.25, 0.3) is 0 Å². The van der Waals surface area contributed by atoms with Gasteiger partial charge in [0.1, 0.15) is 0 Å². The molecular formula is C12H13ClF3NO2. The van der Waals surface area contributed by atoms with Crippen LogP contribution in [0.3, 0.4) is 0 Å². The molecule has 0 bridgehead atoms. The molecule has 19 heavy (non-hydrogen) atoms. The summed E-state index contributed by atoms with van der Waals surface area (Å²) in [7, 11) is 0. The molecule has 3 nitrogen and oxygen atoms in total. The molecule has 7 heteroatoms. The molecule has 0 amide bonds. The van der Waals surface area contributed by atoms with Gasteiger partial charge in [-0.2, -0.15) is 13.2 Å². The van der Waals surface area contributed by atoms with Crippen LogP contribution in [0.1, 0.15) is 19.4 Å². The lowest BCUT2D eigenvalue weighted by Gasteiger charge is -2.22. The van der Waals surface area contributed by atoms with Gasteiger partial charge < -0.3 is 10.4 Å². The molecule has 0 saturated heterocycles. The molecule has 1 aromatic carbocycles. The zero-order valence-corrected chi connectivity index (χ0v) is 11.0. The molecule has 0 fully saturated rings. The van der Waals surface area contributed by atoms with E-state index >= 15 is 0 Å². The fourth-order valence-electron chi connectivity index (χ4n) is 1.47. The molecule has 0 aliphatic carbocycles. The molecule has 0 aliphatic rings. The van der Waals surface area contributed by atoms with Crippen molar-refractivity contribution in [2.45, 2.75) is 26.1 Å². The Morgan fingerprint density at radius 3 is 2.42 bits per heavy atom. The minimum atomic E-state index is -4.56. The number of halogens is 4. The van der Waals surface area contributed by atoms with Crippen molar-refractivity contribution >= 4 is 23.3 Å². The molecule has 2 unspecified atom stereocenters. The van der Waals surface area contributed by atoms with Gasteiger partial charge in [0.05, 0.1) is 22.2 Å². The summed E-state index contributed by atoms with van der Waals surface area (Å²) in [5, 5.41) is 11.3. The second kappa shape index (κ2) is 5.69. The van der Waals surface area contributed by atoms with Crippen molar-refractivity contribution in [2.75, 3.05) is 5.32 Å². The van der Waals surface area contributed by atoms with E-state index in [1.54, 1.807) is 0 Å². The average Bonchev–Trinajstić information content (AvgIpc) is 2.28. The van der Waals surface area contributed by atoms with Crippen LogP contribution in [0.4, 0.5) is 18.9 Å². The first-order chi connectivity index (χ1) is 8.64. The summed E-state index contributed by atoms with van der Waals surface area (Å²) < 4.78 is 38.5. The summed E-state index contributed by atoms with van der Waals surface area (Å²) in [4.78, 5) is 10.8. The minimum Gasteiger partial charge on any atom is -0.481 e. The van der Waals surface area contributed by atoms with E-state index in [9.17, 15) is 18.0 Å². The third-order valence-corrected chi connectivity index (χ3v) is 3.15. The number of alkyl halides is 3. The normalized spacial score (nSPS) is 14.8. The quantitative estimate of drug-likeness (QED) is 0.886. The highest BCUT2D eigenvalue weighted by atomic mass is 35.5. The van der Waals surface area contributed by atoms with Gasteiger partial charge in [-0.05, 0) is 26.0 Å². The molecule has 0 heterocycles. The summed E-state index contributed by atoms with van der Waals surface area (Å²) in [6, 6.07) is 2.71. The Morgan fingerprint density at radius 1 is 1.37 bits per heavy atom. The van der Waals surface area contributed by atoms with E-state index in [0.29, 0.717) is 0 Å². The van der Waals surface area contributed by atoms with Gasteiger partial charge >= 0.3 is 12.1 Å². The van der Waals surface area contributed by atoms with E-state index in [1.165, 1.54) is 26.0 Å². The van der Waals surface area contributed by atoms with Gasteiger partial charge in [-0.15, -0.1) is 0 Å². The van der Waals surface area contributed by atoms with Crippen molar-refractivity contribution in [3.63, 3.8) is 0 Å². The Kier molecular flexibility index (Phi) is 4.68. The first-order valence-corrected chi connectivity index (χ1v) is 5.87. The lowest BCUT2D eigenvalue weighted by Crippen LogP contribution is -2.30. The summed E-state index contributed by atoms with van der Waals surface area (Å²) in [6.45, 7) is 2.90. The van der Waals surface area contributed by atoms with Crippen molar-refractivity contribution in [3.05, 3.63) is 28.8 Å². The van der Waals surface area contributed by atoms with Crippen LogP contribution in [0.15, 0.2) is 18.2 Å². The monoisotopic (exact) mass is 295 g/mol. The van der Waals surface area contributed by atoms with Crippen LogP contribution in [-0.4, -0.2) is 17.1 Å². The van der Waals surface area contributed by atoms with Crippen LogP contribution in [0.2, 0.25) is 5.02 Å². The smallest absolute Gasteiger partial charge is 0.418 e. The van der Waals surface area contributed by atoms with Gasteiger partial charge in [-0.25, -0.2) is 0 Å². The van der Waals surface area contributed by atoms with Crippen molar-refractivity contribution in [3.8, 4) is 0 Å². The minimum absolute atomic E-state index is 0.0979. The Hall–Kier alpha value is -1.43. The van der Waals surface area contributed by atoms with E-state index in [0.717, 1.165) is 6.07 Å². The second-order valence-electron chi connectivity index (χ2n) is 4.22. The molecule has 106 valence electrons. The highest BCUT2D eigenvalue weighted by Crippen LogP contribution is 2.39. The largest absolute Gasteiger partial charge is 0.481 e. The molecule has 0 saturated carbocycles. The molecule has 2 atom stereocenters. The highest BCUT2D eigenvalue weighted by molar-refractivity contribution is 6.33. The lowest BCUT2D eigenvalue weighted by molar-refractivity contribution is -0.141. The van der Waals surface area contributed by atoms with E-state index in [2.05, 4.69) is 5.32 Å². The van der Waals surface area contributed by atoms with E-state index < -0.39 is 29.7 Å². The van der Waals surface area contributed by atoms with Crippen molar-refractivity contribution in [1.82, 2.24) is 0 Å². The van der Waals surface area contributed by atoms with Gasteiger partial charge in [0.15, 0.2) is 0 Å². The molecule has 1 aromatic rings. The van der Waals surface area contributed by atoms with Crippen LogP contribution in [0, 0.1) is 5.92 Å². The number of carboxylic acid groups (broad SMARTS) is 1. The average molecular weight is 296 g/mol. The van der Waals surface area contributed by atoms with Crippen molar-refractivity contribution in [1.29, 1.82) is 0 Å². The summed E-state index contributed by atoms with van der Waals surface area (Å²) in [5.41, 5.74) is -1.21. The van der Waals surface area contributed by atoms with Gasteiger partial charge in [0, 0.05) is 6.04 Å².